The Balaban J connectivity index is 2.71. The van der Waals surface area contributed by atoms with E-state index in [-0.39, 0.29) is 11.6 Å². The van der Waals surface area contributed by atoms with Gasteiger partial charge in [-0.15, -0.1) is 11.3 Å². The lowest BCUT2D eigenvalue weighted by Crippen LogP contribution is -2.23. The molecule has 0 bridgehead atoms. The topological polar surface area (TPSA) is 67.2 Å². The molecule has 4 N–H and O–H groups in total. The molecule has 1 rings (SSSR count). The fourth-order valence-corrected chi connectivity index (χ4v) is 2.54. The summed E-state index contributed by atoms with van der Waals surface area (Å²) >= 11 is 1.05. The normalized spacial score (nSPS) is 13.1. The quantitative estimate of drug-likeness (QED) is 0.782. The molecule has 0 radical (unpaired) electrons. The summed E-state index contributed by atoms with van der Waals surface area (Å²) in [7, 11) is 0. The summed E-state index contributed by atoms with van der Waals surface area (Å²) < 4.78 is 36.6. The molecule has 0 aliphatic carbocycles. The molecule has 4 nitrogen and oxygen atoms in total. The predicted octanol–water partition coefficient (Wildman–Crippen LogP) is 2.83. The maximum Gasteiger partial charge on any atom is 0.391 e. The van der Waals surface area contributed by atoms with Crippen molar-refractivity contribution in [3.8, 4) is 0 Å². The zero-order valence-corrected chi connectivity index (χ0v) is 11.4. The van der Waals surface area contributed by atoms with Gasteiger partial charge in [-0.3, -0.25) is 4.79 Å². The number of carbonyl (C=O) groups is 1. The van der Waals surface area contributed by atoms with Crippen molar-refractivity contribution in [3.05, 3.63) is 10.9 Å². The number of nitrogen functional groups attached to an aromatic ring is 1. The third-order valence-electron chi connectivity index (χ3n) is 2.23. The van der Waals surface area contributed by atoms with E-state index in [2.05, 4.69) is 10.6 Å². The highest BCUT2D eigenvalue weighted by Gasteiger charge is 2.30. The fourth-order valence-electron chi connectivity index (χ4n) is 1.54. The standard InChI is InChI=1S/C11H16F3N3OS/c1-3-16-10(18)9-7(15)4-8(19-9)17-6(2)5-11(12,13)14/h4,6,17H,3,5,15H2,1-2H3,(H,16,18). The van der Waals surface area contributed by atoms with E-state index in [1.165, 1.54) is 13.0 Å². The van der Waals surface area contributed by atoms with Gasteiger partial charge in [0.15, 0.2) is 0 Å². The number of amides is 1. The van der Waals surface area contributed by atoms with E-state index >= 15 is 0 Å². The van der Waals surface area contributed by atoms with Crippen molar-refractivity contribution in [3.63, 3.8) is 0 Å². The van der Waals surface area contributed by atoms with Crippen molar-refractivity contribution in [2.24, 2.45) is 0 Å². The summed E-state index contributed by atoms with van der Waals surface area (Å²) in [5, 5.41) is 5.74. The molecule has 1 atom stereocenters. The van der Waals surface area contributed by atoms with Crippen LogP contribution in [-0.4, -0.2) is 24.7 Å². The van der Waals surface area contributed by atoms with Crippen LogP contribution in [0.5, 0.6) is 0 Å². The molecule has 0 aromatic carbocycles. The van der Waals surface area contributed by atoms with Crippen LogP contribution in [0, 0.1) is 0 Å². The Morgan fingerprint density at radius 3 is 2.68 bits per heavy atom. The lowest BCUT2D eigenvalue weighted by Gasteiger charge is -2.15. The molecule has 19 heavy (non-hydrogen) atoms. The van der Waals surface area contributed by atoms with Crippen molar-refractivity contribution in [2.45, 2.75) is 32.5 Å². The SMILES string of the molecule is CCNC(=O)c1sc(NC(C)CC(F)(F)F)cc1N. The first-order valence-electron chi connectivity index (χ1n) is 5.73. The number of carbonyl (C=O) groups excluding carboxylic acids is 1. The highest BCUT2D eigenvalue weighted by Crippen LogP contribution is 2.31. The van der Waals surface area contributed by atoms with Gasteiger partial charge in [0.25, 0.3) is 5.91 Å². The third-order valence-corrected chi connectivity index (χ3v) is 3.31. The predicted molar refractivity (Wildman–Crippen MR) is 70.5 cm³/mol. The zero-order chi connectivity index (χ0) is 14.6. The van der Waals surface area contributed by atoms with Crippen LogP contribution in [0.15, 0.2) is 6.07 Å². The minimum Gasteiger partial charge on any atom is -0.397 e. The lowest BCUT2D eigenvalue weighted by molar-refractivity contribution is -0.136. The summed E-state index contributed by atoms with van der Waals surface area (Å²) in [6, 6.07) is 0.697. The first-order valence-corrected chi connectivity index (χ1v) is 6.55. The van der Waals surface area contributed by atoms with Gasteiger partial charge in [-0.25, -0.2) is 0 Å². The molecule has 1 aromatic heterocycles. The highest BCUT2D eigenvalue weighted by molar-refractivity contribution is 7.18. The van der Waals surface area contributed by atoms with Crippen LogP contribution in [-0.2, 0) is 0 Å². The molecule has 1 heterocycles. The largest absolute Gasteiger partial charge is 0.397 e. The molecule has 0 aliphatic heterocycles. The van der Waals surface area contributed by atoms with E-state index < -0.39 is 18.6 Å². The van der Waals surface area contributed by atoms with Gasteiger partial charge in [-0.2, -0.15) is 13.2 Å². The van der Waals surface area contributed by atoms with Gasteiger partial charge in [-0.05, 0) is 19.9 Å². The third kappa shape index (κ3) is 4.98. The van der Waals surface area contributed by atoms with Crippen LogP contribution in [0.4, 0.5) is 23.9 Å². The van der Waals surface area contributed by atoms with Crippen molar-refractivity contribution in [2.75, 3.05) is 17.6 Å². The van der Waals surface area contributed by atoms with Gasteiger partial charge in [-0.1, -0.05) is 0 Å². The van der Waals surface area contributed by atoms with E-state index in [1.807, 2.05) is 0 Å². The summed E-state index contributed by atoms with van der Waals surface area (Å²) in [6.45, 7) is 3.66. The Morgan fingerprint density at radius 2 is 2.16 bits per heavy atom. The van der Waals surface area contributed by atoms with Gasteiger partial charge in [0.2, 0.25) is 0 Å². The minimum atomic E-state index is -4.22. The van der Waals surface area contributed by atoms with Crippen LogP contribution < -0.4 is 16.4 Å². The first kappa shape index (κ1) is 15.6. The Bertz CT molecular complexity index is 445. The average Bonchev–Trinajstić information content (AvgIpc) is 2.56. The zero-order valence-electron chi connectivity index (χ0n) is 10.6. The number of hydrogen-bond acceptors (Lipinski definition) is 4. The molecule has 1 aromatic rings. The number of nitrogens with two attached hydrogens (primary N) is 1. The smallest absolute Gasteiger partial charge is 0.391 e. The van der Waals surface area contributed by atoms with Crippen LogP contribution in [0.3, 0.4) is 0 Å². The minimum absolute atomic E-state index is 0.262. The monoisotopic (exact) mass is 295 g/mol. The Morgan fingerprint density at radius 1 is 1.53 bits per heavy atom. The van der Waals surface area contributed by atoms with Gasteiger partial charge in [0.05, 0.1) is 17.1 Å². The molecule has 1 amide bonds. The summed E-state index contributed by atoms with van der Waals surface area (Å²) in [6.07, 6.45) is -5.17. The molecule has 108 valence electrons. The first-order chi connectivity index (χ1) is 8.73. The van der Waals surface area contributed by atoms with Crippen LogP contribution in [0.1, 0.15) is 29.9 Å². The molecule has 0 aliphatic rings. The van der Waals surface area contributed by atoms with Gasteiger partial charge in [0.1, 0.15) is 4.88 Å². The van der Waals surface area contributed by atoms with E-state index in [4.69, 9.17) is 5.73 Å². The summed E-state index contributed by atoms with van der Waals surface area (Å²) in [5.74, 6) is -0.318. The van der Waals surface area contributed by atoms with Gasteiger partial charge in [0, 0.05) is 12.6 Å². The van der Waals surface area contributed by atoms with Crippen molar-refractivity contribution in [1.82, 2.24) is 5.32 Å². The lowest BCUT2D eigenvalue weighted by atomic mass is 10.2. The van der Waals surface area contributed by atoms with Crippen molar-refractivity contribution >= 4 is 27.9 Å². The fraction of sp³-hybridized carbons (Fsp3) is 0.545. The number of anilines is 2. The maximum atomic E-state index is 12.2. The molecule has 0 saturated heterocycles. The Labute approximate surface area is 113 Å². The molecule has 0 saturated carbocycles. The number of thiophene rings is 1. The van der Waals surface area contributed by atoms with E-state index in [0.717, 1.165) is 11.3 Å². The number of rotatable bonds is 5. The van der Waals surface area contributed by atoms with Crippen LogP contribution in [0.2, 0.25) is 0 Å². The molecular weight excluding hydrogens is 279 g/mol. The number of alkyl halides is 3. The molecular formula is C11H16F3N3OS. The second kappa shape index (κ2) is 6.14. The highest BCUT2D eigenvalue weighted by atomic mass is 32.1. The summed E-state index contributed by atoms with van der Waals surface area (Å²) in [4.78, 5) is 11.9. The second-order valence-corrected chi connectivity index (χ2v) is 5.17. The molecule has 0 spiro atoms. The number of hydrogen-bond donors (Lipinski definition) is 3. The molecule has 8 heteroatoms. The van der Waals surface area contributed by atoms with Crippen molar-refractivity contribution < 1.29 is 18.0 Å². The molecule has 0 fully saturated rings. The second-order valence-electron chi connectivity index (χ2n) is 4.12. The molecule has 1 unspecified atom stereocenters. The summed E-state index contributed by atoms with van der Waals surface area (Å²) in [5.41, 5.74) is 5.92. The van der Waals surface area contributed by atoms with Gasteiger partial charge < -0.3 is 16.4 Å². The van der Waals surface area contributed by atoms with E-state index in [0.29, 0.717) is 16.4 Å². The van der Waals surface area contributed by atoms with Crippen molar-refractivity contribution in [1.29, 1.82) is 0 Å². The van der Waals surface area contributed by atoms with Crippen LogP contribution in [0.25, 0.3) is 0 Å². The number of nitrogens with one attached hydrogen (secondary N) is 2. The average molecular weight is 295 g/mol. The Kier molecular flexibility index (Phi) is 5.04. The van der Waals surface area contributed by atoms with E-state index in [9.17, 15) is 18.0 Å². The maximum absolute atomic E-state index is 12.2. The number of halogens is 3. The van der Waals surface area contributed by atoms with Gasteiger partial charge >= 0.3 is 6.18 Å². The Hall–Kier alpha value is -1.44. The van der Waals surface area contributed by atoms with Crippen LogP contribution >= 0.6 is 11.3 Å². The van der Waals surface area contributed by atoms with E-state index in [1.54, 1.807) is 6.92 Å².